The molecule has 1 heterocycles. The van der Waals surface area contributed by atoms with E-state index in [1.807, 2.05) is 0 Å². The molecule has 1 aromatic rings. The highest BCUT2D eigenvalue weighted by molar-refractivity contribution is 6.30. The zero-order valence-electron chi connectivity index (χ0n) is 14.8. The Hall–Kier alpha value is -2.19. The minimum atomic E-state index is -2.16. The third kappa shape index (κ3) is 3.91. The summed E-state index contributed by atoms with van der Waals surface area (Å²) < 4.78 is 13.4. The predicted molar refractivity (Wildman–Crippen MR) is 95.2 cm³/mol. The van der Waals surface area contributed by atoms with Gasteiger partial charge in [0, 0.05) is 38.0 Å². The van der Waals surface area contributed by atoms with Gasteiger partial charge in [-0.3, -0.25) is 14.4 Å². The van der Waals surface area contributed by atoms with Crippen molar-refractivity contribution in [1.82, 2.24) is 15.5 Å². The molecule has 0 bridgehead atoms. The number of aliphatic hydroxyl groups is 1. The van der Waals surface area contributed by atoms with E-state index in [0.717, 1.165) is 6.07 Å². The van der Waals surface area contributed by atoms with Crippen LogP contribution in [0.4, 0.5) is 4.39 Å². The van der Waals surface area contributed by atoms with Crippen LogP contribution in [0.1, 0.15) is 31.7 Å². The molecule has 9 heteroatoms. The van der Waals surface area contributed by atoms with Gasteiger partial charge >= 0.3 is 0 Å². The first-order chi connectivity index (χ1) is 12.7. The standard InChI is InChI=1S/C18H21ClFN3O4/c1-11(24)22-10-17(2-3-17)23-5-4-18(27,16(23)26)15(25)21-9-12-6-13(19)8-14(20)7-12/h6-8,27H,2-5,9-10H2,1H3,(H,21,25)(H,22,24)/t18-/m0/s1. The van der Waals surface area contributed by atoms with Crippen LogP contribution in [0.2, 0.25) is 5.02 Å². The number of likely N-dealkylation sites (tertiary alicyclic amines) is 1. The highest BCUT2D eigenvalue weighted by Crippen LogP contribution is 2.45. The van der Waals surface area contributed by atoms with Gasteiger partial charge in [-0.15, -0.1) is 0 Å². The fraction of sp³-hybridized carbons (Fsp3) is 0.500. The Morgan fingerprint density at radius 2 is 1.96 bits per heavy atom. The highest BCUT2D eigenvalue weighted by Gasteiger charge is 2.60. The Bertz CT molecular complexity index is 779. The second-order valence-electron chi connectivity index (χ2n) is 7.16. The maximum absolute atomic E-state index is 13.4. The van der Waals surface area contributed by atoms with Crippen LogP contribution in [0.5, 0.6) is 0 Å². The van der Waals surface area contributed by atoms with E-state index in [9.17, 15) is 23.9 Å². The first-order valence-electron chi connectivity index (χ1n) is 8.68. The second-order valence-corrected chi connectivity index (χ2v) is 7.60. The van der Waals surface area contributed by atoms with Gasteiger partial charge in [-0.2, -0.15) is 0 Å². The monoisotopic (exact) mass is 397 g/mol. The lowest BCUT2D eigenvalue weighted by atomic mass is 10.0. The molecule has 2 fully saturated rings. The molecule has 1 saturated heterocycles. The number of amides is 3. The molecule has 146 valence electrons. The molecule has 0 radical (unpaired) electrons. The maximum Gasteiger partial charge on any atom is 0.265 e. The van der Waals surface area contributed by atoms with Crippen molar-refractivity contribution in [3.8, 4) is 0 Å². The number of hydrogen-bond donors (Lipinski definition) is 3. The number of hydrogen-bond acceptors (Lipinski definition) is 4. The first kappa shape index (κ1) is 19.6. The zero-order valence-corrected chi connectivity index (χ0v) is 15.6. The van der Waals surface area contributed by atoms with Crippen molar-refractivity contribution >= 4 is 29.3 Å². The van der Waals surface area contributed by atoms with Gasteiger partial charge in [0.25, 0.3) is 11.8 Å². The van der Waals surface area contributed by atoms with Crippen molar-refractivity contribution in [3.05, 3.63) is 34.6 Å². The lowest BCUT2D eigenvalue weighted by Gasteiger charge is -2.29. The Balaban J connectivity index is 1.65. The van der Waals surface area contributed by atoms with E-state index in [-0.39, 0.29) is 30.4 Å². The number of halogens is 2. The molecule has 1 aliphatic heterocycles. The van der Waals surface area contributed by atoms with Gasteiger partial charge in [-0.1, -0.05) is 11.6 Å². The number of carbonyl (C=O) groups excluding carboxylic acids is 3. The van der Waals surface area contributed by atoms with Crippen molar-refractivity contribution in [1.29, 1.82) is 0 Å². The Morgan fingerprint density at radius 3 is 2.56 bits per heavy atom. The molecule has 0 unspecified atom stereocenters. The normalized spacial score (nSPS) is 23.3. The molecule has 3 rings (SSSR count). The zero-order chi connectivity index (χ0) is 19.8. The molecule has 1 atom stereocenters. The summed E-state index contributed by atoms with van der Waals surface area (Å²) in [6.07, 6.45) is 1.38. The van der Waals surface area contributed by atoms with Gasteiger partial charge in [-0.25, -0.2) is 4.39 Å². The number of nitrogens with zero attached hydrogens (tertiary/aromatic N) is 1. The molecule has 27 heavy (non-hydrogen) atoms. The van der Waals surface area contributed by atoms with Crippen LogP contribution in [-0.4, -0.2) is 52.0 Å². The molecule has 1 aliphatic carbocycles. The largest absolute Gasteiger partial charge is 0.372 e. The van der Waals surface area contributed by atoms with Crippen LogP contribution in [-0.2, 0) is 20.9 Å². The number of carbonyl (C=O) groups is 3. The summed E-state index contributed by atoms with van der Waals surface area (Å²) in [5.74, 6) is -2.23. The highest BCUT2D eigenvalue weighted by atomic mass is 35.5. The van der Waals surface area contributed by atoms with E-state index >= 15 is 0 Å². The van der Waals surface area contributed by atoms with Crippen molar-refractivity contribution in [2.75, 3.05) is 13.1 Å². The average Bonchev–Trinajstić information content (AvgIpc) is 3.31. The topological polar surface area (TPSA) is 98.7 Å². The molecule has 1 saturated carbocycles. The van der Waals surface area contributed by atoms with Crippen LogP contribution in [0.3, 0.4) is 0 Å². The summed E-state index contributed by atoms with van der Waals surface area (Å²) >= 11 is 5.78. The summed E-state index contributed by atoms with van der Waals surface area (Å²) in [7, 11) is 0. The van der Waals surface area contributed by atoms with Crippen molar-refractivity contribution < 1.29 is 23.9 Å². The molecule has 1 aromatic carbocycles. The molecular formula is C18H21ClFN3O4. The summed E-state index contributed by atoms with van der Waals surface area (Å²) in [5.41, 5.74) is -2.27. The predicted octanol–water partition coefficient (Wildman–Crippen LogP) is 0.727. The molecule has 7 nitrogen and oxygen atoms in total. The SMILES string of the molecule is CC(=O)NCC1(N2CC[C@](O)(C(=O)NCc3cc(F)cc(Cl)c3)C2=O)CC1. The van der Waals surface area contributed by atoms with Gasteiger partial charge in [0.15, 0.2) is 0 Å². The van der Waals surface area contributed by atoms with E-state index < -0.39 is 28.8 Å². The third-order valence-electron chi connectivity index (χ3n) is 5.11. The molecule has 3 N–H and O–H groups in total. The van der Waals surface area contributed by atoms with Crippen LogP contribution in [0.25, 0.3) is 0 Å². The Labute approximate surface area is 160 Å². The molecule has 0 aromatic heterocycles. The van der Waals surface area contributed by atoms with Gasteiger partial charge in [0.05, 0.1) is 5.54 Å². The van der Waals surface area contributed by atoms with Crippen LogP contribution < -0.4 is 10.6 Å². The lowest BCUT2D eigenvalue weighted by molar-refractivity contribution is -0.156. The second kappa shape index (κ2) is 7.09. The summed E-state index contributed by atoms with van der Waals surface area (Å²) in [4.78, 5) is 37.9. The average molecular weight is 398 g/mol. The van der Waals surface area contributed by atoms with Crippen molar-refractivity contribution in [2.24, 2.45) is 0 Å². The van der Waals surface area contributed by atoms with E-state index in [0.29, 0.717) is 24.9 Å². The van der Waals surface area contributed by atoms with Gasteiger partial charge in [0.2, 0.25) is 11.5 Å². The Kier molecular flexibility index (Phi) is 5.14. The van der Waals surface area contributed by atoms with E-state index in [2.05, 4.69) is 10.6 Å². The smallest absolute Gasteiger partial charge is 0.265 e. The lowest BCUT2D eigenvalue weighted by Crippen LogP contribution is -2.55. The summed E-state index contributed by atoms with van der Waals surface area (Å²) in [6.45, 7) is 1.86. The summed E-state index contributed by atoms with van der Waals surface area (Å²) in [5, 5.41) is 16.0. The van der Waals surface area contributed by atoms with Gasteiger partial charge in [-0.05, 0) is 36.6 Å². The Morgan fingerprint density at radius 1 is 1.26 bits per heavy atom. The van der Waals surface area contributed by atoms with E-state index in [1.54, 1.807) is 0 Å². The molecule has 2 aliphatic rings. The van der Waals surface area contributed by atoms with Crippen LogP contribution in [0, 0.1) is 5.82 Å². The number of benzene rings is 1. The minimum Gasteiger partial charge on any atom is -0.372 e. The van der Waals surface area contributed by atoms with Crippen molar-refractivity contribution in [2.45, 2.75) is 43.9 Å². The van der Waals surface area contributed by atoms with Crippen LogP contribution in [0.15, 0.2) is 18.2 Å². The number of rotatable bonds is 6. The van der Waals surface area contributed by atoms with E-state index in [1.165, 1.54) is 24.0 Å². The number of nitrogens with one attached hydrogen (secondary N) is 2. The maximum atomic E-state index is 13.4. The fourth-order valence-electron chi connectivity index (χ4n) is 3.39. The van der Waals surface area contributed by atoms with Crippen LogP contribution >= 0.6 is 11.6 Å². The molecule has 3 amide bonds. The van der Waals surface area contributed by atoms with Gasteiger partial charge in [0.1, 0.15) is 5.82 Å². The molecular weight excluding hydrogens is 377 g/mol. The minimum absolute atomic E-state index is 0.0383. The first-order valence-corrected chi connectivity index (χ1v) is 9.06. The summed E-state index contributed by atoms with van der Waals surface area (Å²) in [6, 6.07) is 3.85. The fourth-order valence-corrected chi connectivity index (χ4v) is 3.63. The third-order valence-corrected chi connectivity index (χ3v) is 5.33. The quantitative estimate of drug-likeness (QED) is 0.616. The van der Waals surface area contributed by atoms with E-state index in [4.69, 9.17) is 11.6 Å². The molecule has 0 spiro atoms. The van der Waals surface area contributed by atoms with Gasteiger partial charge < -0.3 is 20.6 Å². The van der Waals surface area contributed by atoms with Crippen molar-refractivity contribution in [3.63, 3.8) is 0 Å².